The Morgan fingerprint density at radius 2 is 1.68 bits per heavy atom. The molecule has 7 heteroatoms. The normalized spacial score (nSPS) is 23.7. The number of likely N-dealkylation sites (tertiary alicyclic amines) is 1. The number of rotatable bonds is 4. The van der Waals surface area contributed by atoms with Crippen LogP contribution in [0.25, 0.3) is 11.0 Å². The molecule has 1 aromatic carbocycles. The zero-order valence-electron chi connectivity index (χ0n) is 17.5. The van der Waals surface area contributed by atoms with Gasteiger partial charge in [0.15, 0.2) is 0 Å². The highest BCUT2D eigenvalue weighted by molar-refractivity contribution is 6.07. The van der Waals surface area contributed by atoms with Gasteiger partial charge in [-0.15, -0.1) is 0 Å². The molecule has 1 saturated carbocycles. The summed E-state index contributed by atoms with van der Waals surface area (Å²) in [7, 11) is 0. The molecular formula is C24H25NO6. The first kappa shape index (κ1) is 20.0. The van der Waals surface area contributed by atoms with Crippen molar-refractivity contribution in [3.8, 4) is 0 Å². The minimum atomic E-state index is -0.985. The fraction of sp³-hybridized carbons (Fsp3) is 0.500. The number of imide groups is 1. The third-order valence-electron chi connectivity index (χ3n) is 7.02. The zero-order chi connectivity index (χ0) is 21.7. The lowest BCUT2D eigenvalue weighted by atomic mass is 9.81. The number of fused-ring (bicyclic) bond motifs is 3. The second-order valence-electron chi connectivity index (χ2n) is 8.89. The molecule has 1 aliphatic heterocycles. The molecule has 1 saturated heterocycles. The number of aryl methyl sites for hydroxylation is 2. The van der Waals surface area contributed by atoms with Gasteiger partial charge in [-0.1, -0.05) is 12.8 Å². The maximum Gasteiger partial charge on any atom is 0.336 e. The predicted octanol–water partition coefficient (Wildman–Crippen LogP) is 2.89. The number of esters is 1. The van der Waals surface area contributed by atoms with Crippen molar-refractivity contribution in [2.24, 2.45) is 11.8 Å². The van der Waals surface area contributed by atoms with E-state index in [1.807, 2.05) is 12.1 Å². The van der Waals surface area contributed by atoms with Crippen molar-refractivity contribution in [1.29, 1.82) is 0 Å². The summed E-state index contributed by atoms with van der Waals surface area (Å²) in [4.78, 5) is 51.3. The van der Waals surface area contributed by atoms with Crippen molar-refractivity contribution < 1.29 is 23.5 Å². The van der Waals surface area contributed by atoms with Crippen molar-refractivity contribution in [2.75, 3.05) is 0 Å². The Labute approximate surface area is 179 Å². The Bertz CT molecular complexity index is 1120. The van der Waals surface area contributed by atoms with Gasteiger partial charge in [-0.2, -0.15) is 0 Å². The highest BCUT2D eigenvalue weighted by Crippen LogP contribution is 2.39. The van der Waals surface area contributed by atoms with E-state index in [9.17, 15) is 19.2 Å². The van der Waals surface area contributed by atoms with E-state index in [4.69, 9.17) is 9.15 Å². The smallest absolute Gasteiger partial charge is 0.336 e. The molecule has 2 aromatic rings. The molecule has 162 valence electrons. The second kappa shape index (κ2) is 7.62. The maximum atomic E-state index is 12.7. The van der Waals surface area contributed by atoms with Gasteiger partial charge in [0.2, 0.25) is 11.8 Å². The Morgan fingerprint density at radius 1 is 1.03 bits per heavy atom. The molecule has 2 heterocycles. The number of nitrogens with zero attached hydrogens (tertiary/aromatic N) is 1. The van der Waals surface area contributed by atoms with Gasteiger partial charge in [0.05, 0.1) is 11.8 Å². The minimum Gasteiger partial charge on any atom is -0.459 e. The molecule has 2 aliphatic carbocycles. The van der Waals surface area contributed by atoms with Crippen LogP contribution in [0.1, 0.15) is 55.7 Å². The van der Waals surface area contributed by atoms with E-state index in [0.29, 0.717) is 24.0 Å². The molecule has 5 rings (SSSR count). The van der Waals surface area contributed by atoms with E-state index in [1.165, 1.54) is 24.1 Å². The highest BCUT2D eigenvalue weighted by Gasteiger charge is 2.51. The summed E-state index contributed by atoms with van der Waals surface area (Å²) >= 11 is 0. The highest BCUT2D eigenvalue weighted by atomic mass is 16.5. The van der Waals surface area contributed by atoms with E-state index >= 15 is 0 Å². The lowest BCUT2D eigenvalue weighted by Gasteiger charge is -2.21. The van der Waals surface area contributed by atoms with E-state index in [-0.39, 0.29) is 30.3 Å². The largest absolute Gasteiger partial charge is 0.459 e. The molecule has 0 spiro atoms. The summed E-state index contributed by atoms with van der Waals surface area (Å²) in [6.45, 7) is 1.41. The molecule has 0 bridgehead atoms. The van der Waals surface area contributed by atoms with Gasteiger partial charge < -0.3 is 9.15 Å². The maximum absolute atomic E-state index is 12.7. The lowest BCUT2D eigenvalue weighted by molar-refractivity contribution is -0.159. The molecule has 3 aliphatic rings. The Hall–Kier alpha value is -2.96. The lowest BCUT2D eigenvalue weighted by Crippen LogP contribution is -2.44. The van der Waals surface area contributed by atoms with Crippen LogP contribution in [0.3, 0.4) is 0 Å². The number of hydrogen-bond donors (Lipinski definition) is 0. The Balaban J connectivity index is 1.35. The van der Waals surface area contributed by atoms with E-state index in [1.54, 1.807) is 0 Å². The van der Waals surface area contributed by atoms with Gasteiger partial charge in [-0.3, -0.25) is 14.5 Å². The van der Waals surface area contributed by atoms with Crippen molar-refractivity contribution in [3.63, 3.8) is 0 Å². The Kier molecular flexibility index (Phi) is 4.91. The fourth-order valence-electron chi connectivity index (χ4n) is 5.36. The van der Waals surface area contributed by atoms with Crippen LogP contribution in [0.2, 0.25) is 0 Å². The van der Waals surface area contributed by atoms with E-state index in [2.05, 4.69) is 0 Å². The molecule has 3 atom stereocenters. The molecule has 2 fully saturated rings. The third-order valence-corrected chi connectivity index (χ3v) is 7.02. The monoisotopic (exact) mass is 423 g/mol. The minimum absolute atomic E-state index is 0.118. The summed E-state index contributed by atoms with van der Waals surface area (Å²) in [6.07, 6.45) is 6.26. The van der Waals surface area contributed by atoms with Crippen LogP contribution in [-0.4, -0.2) is 28.7 Å². The van der Waals surface area contributed by atoms with Crippen molar-refractivity contribution in [3.05, 3.63) is 45.3 Å². The fourth-order valence-corrected chi connectivity index (χ4v) is 5.36. The average Bonchev–Trinajstić information content (AvgIpc) is 3.32. The van der Waals surface area contributed by atoms with Gasteiger partial charge in [-0.25, -0.2) is 9.59 Å². The van der Waals surface area contributed by atoms with Crippen LogP contribution in [0.15, 0.2) is 27.4 Å². The number of hydrogen-bond acceptors (Lipinski definition) is 6. The van der Waals surface area contributed by atoms with Crippen LogP contribution < -0.4 is 5.63 Å². The number of amides is 2. The first-order valence-corrected chi connectivity index (χ1v) is 11.1. The average molecular weight is 423 g/mol. The third kappa shape index (κ3) is 3.36. The molecule has 2 amide bonds. The summed E-state index contributed by atoms with van der Waals surface area (Å²) in [5.74, 6) is -1.79. The quantitative estimate of drug-likeness (QED) is 0.426. The van der Waals surface area contributed by atoms with E-state index < -0.39 is 17.6 Å². The number of ether oxygens (including phenoxy) is 1. The molecule has 0 unspecified atom stereocenters. The number of benzene rings is 1. The molecule has 0 radical (unpaired) electrons. The number of carbonyl (C=O) groups excluding carboxylic acids is 3. The molecule has 7 nitrogen and oxygen atoms in total. The van der Waals surface area contributed by atoms with Crippen molar-refractivity contribution in [2.45, 2.75) is 64.5 Å². The molecular weight excluding hydrogens is 398 g/mol. The van der Waals surface area contributed by atoms with E-state index in [0.717, 1.165) is 42.4 Å². The molecule has 31 heavy (non-hydrogen) atoms. The SMILES string of the molecule is C[C@@H](C(=O)OCc1cc(=O)oc2cc3c(cc12)CCC3)N1C(=O)[C@H]2CCCC[C@H]2C1=O. The topological polar surface area (TPSA) is 93.9 Å². The van der Waals surface area contributed by atoms with Gasteiger partial charge >= 0.3 is 11.6 Å². The second-order valence-corrected chi connectivity index (χ2v) is 8.89. The predicted molar refractivity (Wildman–Crippen MR) is 111 cm³/mol. The van der Waals surface area contributed by atoms with Crippen LogP contribution in [0, 0.1) is 11.8 Å². The van der Waals surface area contributed by atoms with Crippen LogP contribution in [-0.2, 0) is 38.6 Å². The summed E-state index contributed by atoms with van der Waals surface area (Å²) in [5.41, 5.74) is 2.96. The molecule has 0 N–H and O–H groups in total. The van der Waals surface area contributed by atoms with Gasteiger partial charge in [0.1, 0.15) is 18.2 Å². The van der Waals surface area contributed by atoms with Crippen molar-refractivity contribution in [1.82, 2.24) is 4.90 Å². The summed E-state index contributed by atoms with van der Waals surface area (Å²) in [6, 6.07) is 4.26. The van der Waals surface area contributed by atoms with Crippen molar-refractivity contribution >= 4 is 28.8 Å². The summed E-state index contributed by atoms with van der Waals surface area (Å²) in [5, 5.41) is 0.750. The van der Waals surface area contributed by atoms with Crippen LogP contribution >= 0.6 is 0 Å². The standard InChI is InChI=1S/C24H25NO6/c1-13(25-22(27)17-7-2-3-8-18(17)23(25)28)24(29)30-12-16-11-21(26)31-20-10-15-6-4-5-14(15)9-19(16)20/h9-11,13,17-18H,2-8,12H2,1H3/t13-,17-,18+/m0/s1. The van der Waals surface area contributed by atoms with Crippen LogP contribution in [0.5, 0.6) is 0 Å². The van der Waals surface area contributed by atoms with Gasteiger partial charge in [0, 0.05) is 17.0 Å². The van der Waals surface area contributed by atoms with Gasteiger partial charge in [-0.05, 0) is 62.3 Å². The van der Waals surface area contributed by atoms with Crippen LogP contribution in [0.4, 0.5) is 0 Å². The Morgan fingerprint density at radius 3 is 2.35 bits per heavy atom. The zero-order valence-corrected chi connectivity index (χ0v) is 17.5. The molecule has 1 aromatic heterocycles. The first-order chi connectivity index (χ1) is 14.9. The summed E-state index contributed by atoms with van der Waals surface area (Å²) < 4.78 is 10.8. The number of carbonyl (C=O) groups is 3. The van der Waals surface area contributed by atoms with Gasteiger partial charge in [0.25, 0.3) is 0 Å². The first-order valence-electron chi connectivity index (χ1n) is 11.1.